The first-order chi connectivity index (χ1) is 7.92. The van der Waals surface area contributed by atoms with Crippen LogP contribution in [0.2, 0.25) is 0 Å². The van der Waals surface area contributed by atoms with E-state index < -0.39 is 24.8 Å². The van der Waals surface area contributed by atoms with Crippen molar-refractivity contribution in [2.45, 2.75) is 25.9 Å². The Hall–Kier alpha value is -1.52. The third-order valence-electron chi connectivity index (χ3n) is 2.10. The summed E-state index contributed by atoms with van der Waals surface area (Å²) < 4.78 is 41.0. The molecule has 0 atom stereocenters. The maximum atomic E-state index is 12.0. The normalized spacial score (nSPS) is 11.3. The van der Waals surface area contributed by atoms with Crippen LogP contribution in [-0.2, 0) is 0 Å². The van der Waals surface area contributed by atoms with Gasteiger partial charge < -0.3 is 4.74 Å². The van der Waals surface area contributed by atoms with Gasteiger partial charge in [0.2, 0.25) is 0 Å². The molecular weight excluding hydrogens is 233 g/mol. The second-order valence-corrected chi connectivity index (χ2v) is 3.50. The maximum absolute atomic E-state index is 12.0. The van der Waals surface area contributed by atoms with Gasteiger partial charge in [-0.1, -0.05) is 12.1 Å². The lowest BCUT2D eigenvalue weighted by molar-refractivity contribution is -0.133. The molecule has 1 aromatic carbocycles. The standard InChI is InChI=1S/C12H13F3O2/c1-2-17-10-5-3-4-9(8-10)11(16)6-7-12(13,14)15/h3-5,8H,2,6-7H2,1H3. The van der Waals surface area contributed by atoms with Gasteiger partial charge in [0, 0.05) is 12.0 Å². The van der Waals surface area contributed by atoms with Crippen molar-refractivity contribution >= 4 is 5.78 Å². The molecule has 0 aliphatic heterocycles. The van der Waals surface area contributed by atoms with Crippen molar-refractivity contribution in [3.05, 3.63) is 29.8 Å². The Balaban J connectivity index is 2.65. The van der Waals surface area contributed by atoms with E-state index in [1.165, 1.54) is 12.1 Å². The number of Topliss-reactive ketones (excluding diaryl/α,β-unsaturated/α-hetero) is 1. The summed E-state index contributed by atoms with van der Waals surface area (Å²) >= 11 is 0. The Morgan fingerprint density at radius 3 is 2.65 bits per heavy atom. The summed E-state index contributed by atoms with van der Waals surface area (Å²) in [6.07, 6.45) is -5.92. The number of ether oxygens (including phenoxy) is 1. The molecule has 1 rings (SSSR count). The van der Waals surface area contributed by atoms with Crippen LogP contribution in [0, 0.1) is 0 Å². The highest BCUT2D eigenvalue weighted by Gasteiger charge is 2.28. The van der Waals surface area contributed by atoms with Crippen molar-refractivity contribution in [3.63, 3.8) is 0 Å². The van der Waals surface area contributed by atoms with Gasteiger partial charge in [0.15, 0.2) is 5.78 Å². The zero-order valence-electron chi connectivity index (χ0n) is 9.38. The Morgan fingerprint density at radius 2 is 2.06 bits per heavy atom. The molecule has 0 unspecified atom stereocenters. The van der Waals surface area contributed by atoms with Crippen molar-refractivity contribution in [1.29, 1.82) is 0 Å². The molecule has 0 spiro atoms. The lowest BCUT2D eigenvalue weighted by atomic mass is 10.1. The lowest BCUT2D eigenvalue weighted by Crippen LogP contribution is -2.11. The summed E-state index contributed by atoms with van der Waals surface area (Å²) in [7, 11) is 0. The SMILES string of the molecule is CCOc1cccc(C(=O)CCC(F)(F)F)c1. The van der Waals surface area contributed by atoms with Crippen LogP contribution in [-0.4, -0.2) is 18.6 Å². The number of hydrogen-bond acceptors (Lipinski definition) is 2. The van der Waals surface area contributed by atoms with E-state index in [0.717, 1.165) is 0 Å². The average Bonchev–Trinajstić information content (AvgIpc) is 2.26. The first-order valence-corrected chi connectivity index (χ1v) is 5.25. The molecule has 2 nitrogen and oxygen atoms in total. The zero-order valence-corrected chi connectivity index (χ0v) is 9.38. The first kappa shape index (κ1) is 13.5. The predicted molar refractivity (Wildman–Crippen MR) is 57.2 cm³/mol. The number of alkyl halides is 3. The number of rotatable bonds is 5. The van der Waals surface area contributed by atoms with Gasteiger partial charge in [0.05, 0.1) is 13.0 Å². The van der Waals surface area contributed by atoms with E-state index in [0.29, 0.717) is 12.4 Å². The Bertz CT molecular complexity index is 386. The van der Waals surface area contributed by atoms with Crippen molar-refractivity contribution in [1.82, 2.24) is 0 Å². The first-order valence-electron chi connectivity index (χ1n) is 5.25. The molecule has 0 amide bonds. The largest absolute Gasteiger partial charge is 0.494 e. The number of benzene rings is 1. The third kappa shape index (κ3) is 4.89. The predicted octanol–water partition coefficient (Wildman–Crippen LogP) is 3.61. The second kappa shape index (κ2) is 5.70. The van der Waals surface area contributed by atoms with Gasteiger partial charge in [-0.15, -0.1) is 0 Å². The van der Waals surface area contributed by atoms with E-state index in [1.807, 2.05) is 0 Å². The number of carbonyl (C=O) groups is 1. The van der Waals surface area contributed by atoms with Crippen LogP contribution in [0.15, 0.2) is 24.3 Å². The van der Waals surface area contributed by atoms with Gasteiger partial charge in [-0.25, -0.2) is 0 Å². The van der Waals surface area contributed by atoms with Gasteiger partial charge >= 0.3 is 6.18 Å². The smallest absolute Gasteiger partial charge is 0.389 e. The van der Waals surface area contributed by atoms with Gasteiger partial charge in [0.25, 0.3) is 0 Å². The fourth-order valence-electron chi connectivity index (χ4n) is 1.33. The van der Waals surface area contributed by atoms with Crippen LogP contribution in [0.4, 0.5) is 13.2 Å². The topological polar surface area (TPSA) is 26.3 Å². The number of carbonyl (C=O) groups excluding carboxylic acids is 1. The fraction of sp³-hybridized carbons (Fsp3) is 0.417. The van der Waals surface area contributed by atoms with E-state index >= 15 is 0 Å². The van der Waals surface area contributed by atoms with Crippen molar-refractivity contribution in [3.8, 4) is 5.75 Å². The summed E-state index contributed by atoms with van der Waals surface area (Å²) in [5, 5.41) is 0. The van der Waals surface area contributed by atoms with Gasteiger partial charge in [0.1, 0.15) is 5.75 Å². The number of hydrogen-bond donors (Lipinski definition) is 0. The zero-order chi connectivity index (χ0) is 12.9. The van der Waals surface area contributed by atoms with Gasteiger partial charge in [-0.3, -0.25) is 4.79 Å². The molecule has 0 N–H and O–H groups in total. The molecule has 0 bridgehead atoms. The summed E-state index contributed by atoms with van der Waals surface area (Å²) in [4.78, 5) is 11.5. The van der Waals surface area contributed by atoms with Crippen LogP contribution in [0.5, 0.6) is 5.75 Å². The van der Waals surface area contributed by atoms with Crippen LogP contribution in [0.1, 0.15) is 30.1 Å². The molecule has 17 heavy (non-hydrogen) atoms. The Morgan fingerprint density at radius 1 is 1.35 bits per heavy atom. The highest BCUT2D eigenvalue weighted by Crippen LogP contribution is 2.23. The van der Waals surface area contributed by atoms with Crippen molar-refractivity contribution in [2.75, 3.05) is 6.61 Å². The van der Waals surface area contributed by atoms with E-state index in [9.17, 15) is 18.0 Å². The molecule has 5 heteroatoms. The molecule has 0 aliphatic rings. The lowest BCUT2D eigenvalue weighted by Gasteiger charge is -2.07. The monoisotopic (exact) mass is 246 g/mol. The van der Waals surface area contributed by atoms with Crippen molar-refractivity contribution < 1.29 is 22.7 Å². The Kier molecular flexibility index (Phi) is 4.54. The molecule has 0 aromatic heterocycles. The summed E-state index contributed by atoms with van der Waals surface area (Å²) in [6, 6.07) is 6.19. The second-order valence-electron chi connectivity index (χ2n) is 3.50. The summed E-state index contributed by atoms with van der Waals surface area (Å²) in [5.41, 5.74) is 0.250. The van der Waals surface area contributed by atoms with Gasteiger partial charge in [-0.05, 0) is 19.1 Å². The van der Waals surface area contributed by atoms with E-state index in [1.54, 1.807) is 19.1 Å². The maximum Gasteiger partial charge on any atom is 0.389 e. The quantitative estimate of drug-likeness (QED) is 0.742. The molecular formula is C12H13F3O2. The molecule has 94 valence electrons. The Labute approximate surface area is 97.4 Å². The minimum atomic E-state index is -4.30. The molecule has 1 aromatic rings. The van der Waals surface area contributed by atoms with Crippen LogP contribution in [0.3, 0.4) is 0 Å². The molecule has 0 saturated heterocycles. The fourth-order valence-corrected chi connectivity index (χ4v) is 1.33. The number of halogens is 3. The van der Waals surface area contributed by atoms with Gasteiger partial charge in [-0.2, -0.15) is 13.2 Å². The molecule has 0 fully saturated rings. The van der Waals surface area contributed by atoms with Crippen LogP contribution in [0.25, 0.3) is 0 Å². The molecule has 0 aliphatic carbocycles. The summed E-state index contributed by atoms with van der Waals surface area (Å²) in [5.74, 6) is -0.0331. The van der Waals surface area contributed by atoms with E-state index in [2.05, 4.69) is 0 Å². The number of ketones is 1. The molecule has 0 radical (unpaired) electrons. The highest BCUT2D eigenvalue weighted by molar-refractivity contribution is 5.96. The minimum absolute atomic E-state index is 0.250. The van der Waals surface area contributed by atoms with Crippen LogP contribution >= 0.6 is 0 Å². The van der Waals surface area contributed by atoms with E-state index in [4.69, 9.17) is 4.74 Å². The highest BCUT2D eigenvalue weighted by atomic mass is 19.4. The third-order valence-corrected chi connectivity index (χ3v) is 2.10. The van der Waals surface area contributed by atoms with E-state index in [-0.39, 0.29) is 5.56 Å². The summed E-state index contributed by atoms with van der Waals surface area (Å²) in [6.45, 7) is 2.23. The minimum Gasteiger partial charge on any atom is -0.494 e. The molecule has 0 saturated carbocycles. The average molecular weight is 246 g/mol. The van der Waals surface area contributed by atoms with Crippen molar-refractivity contribution in [2.24, 2.45) is 0 Å². The van der Waals surface area contributed by atoms with Crippen LogP contribution < -0.4 is 4.74 Å². The molecule has 0 heterocycles.